The number of rotatable bonds is 3. The summed E-state index contributed by atoms with van der Waals surface area (Å²) in [6, 6.07) is -0.796. The molecule has 4 unspecified atom stereocenters. The lowest BCUT2D eigenvalue weighted by atomic mass is 9.80. The maximum atomic E-state index is 10.5. The number of aliphatic hydroxyl groups is 1. The van der Waals surface area contributed by atoms with Crippen molar-refractivity contribution in [1.29, 1.82) is 0 Å². The van der Waals surface area contributed by atoms with E-state index in [1.807, 2.05) is 0 Å². The highest BCUT2D eigenvalue weighted by Gasteiger charge is 2.69. The molecule has 2 aliphatic heterocycles. The minimum Gasteiger partial charge on any atom is -0.382 e. The molecule has 5 nitrogen and oxygen atoms in total. The molecule has 1 N–H and O–H groups in total. The van der Waals surface area contributed by atoms with Crippen molar-refractivity contribution < 1.29 is 24.1 Å². The lowest BCUT2D eigenvalue weighted by Crippen LogP contribution is -2.58. The molecule has 0 aliphatic carbocycles. The Balaban J connectivity index is 2.29. The summed E-state index contributed by atoms with van der Waals surface area (Å²) in [6.45, 7) is 0.667. The fourth-order valence-corrected chi connectivity index (χ4v) is 2.43. The third-order valence-corrected chi connectivity index (χ3v) is 3.24. The van der Waals surface area contributed by atoms with Crippen molar-refractivity contribution in [3.05, 3.63) is 0 Å². The van der Waals surface area contributed by atoms with Crippen LogP contribution in [0.3, 0.4) is 0 Å². The van der Waals surface area contributed by atoms with Crippen molar-refractivity contribution in [1.82, 2.24) is 0 Å². The van der Waals surface area contributed by atoms with E-state index in [1.54, 1.807) is 7.11 Å². The Kier molecular flexibility index (Phi) is 2.81. The summed E-state index contributed by atoms with van der Waals surface area (Å²) < 4.78 is 21.1. The molecule has 0 amide bonds. The third kappa shape index (κ3) is 1.29. The second-order valence-electron chi connectivity index (χ2n) is 3.90. The highest BCUT2D eigenvalue weighted by atomic mass is 16.7. The molecule has 0 bridgehead atoms. The van der Waals surface area contributed by atoms with Crippen molar-refractivity contribution in [3.63, 3.8) is 0 Å². The van der Waals surface area contributed by atoms with E-state index in [0.29, 0.717) is 13.0 Å². The summed E-state index contributed by atoms with van der Waals surface area (Å²) in [5.41, 5.74) is -1.23. The average Bonchev–Trinajstić information content (AvgIpc) is 2.64. The Morgan fingerprint density at radius 3 is 2.87 bits per heavy atom. The molecule has 6 heteroatoms. The molecule has 0 spiro atoms. The normalized spacial score (nSPS) is 49.5. The van der Waals surface area contributed by atoms with Gasteiger partial charge < -0.3 is 24.1 Å². The van der Waals surface area contributed by atoms with Gasteiger partial charge in [-0.15, -0.1) is 0 Å². The average molecular weight is 214 g/mol. The van der Waals surface area contributed by atoms with E-state index in [4.69, 9.17) is 26.8 Å². The fourth-order valence-electron chi connectivity index (χ4n) is 2.43. The van der Waals surface area contributed by atoms with Crippen molar-refractivity contribution in [2.75, 3.05) is 27.4 Å². The van der Waals surface area contributed by atoms with Gasteiger partial charge in [0.2, 0.25) is 5.79 Å². The van der Waals surface area contributed by atoms with E-state index < -0.39 is 23.5 Å². The van der Waals surface area contributed by atoms with Crippen LogP contribution in [-0.4, -0.2) is 63.9 Å². The highest BCUT2D eigenvalue weighted by molar-refractivity contribution is 6.12. The monoisotopic (exact) mass is 214 g/mol. The SMILES string of the molecule is [B]C1OC(COC)C2(O)CCOC12OC. The van der Waals surface area contributed by atoms with Crippen LogP contribution in [0.1, 0.15) is 6.42 Å². The van der Waals surface area contributed by atoms with Gasteiger partial charge in [-0.2, -0.15) is 0 Å². The van der Waals surface area contributed by atoms with Gasteiger partial charge >= 0.3 is 0 Å². The lowest BCUT2D eigenvalue weighted by molar-refractivity contribution is -0.257. The van der Waals surface area contributed by atoms with E-state index in [0.717, 1.165) is 0 Å². The van der Waals surface area contributed by atoms with Crippen LogP contribution in [0.15, 0.2) is 0 Å². The number of ether oxygens (including phenoxy) is 4. The topological polar surface area (TPSA) is 57.2 Å². The van der Waals surface area contributed by atoms with Crippen LogP contribution >= 0.6 is 0 Å². The van der Waals surface area contributed by atoms with Gasteiger partial charge in [0.1, 0.15) is 14.0 Å². The summed E-state index contributed by atoms with van der Waals surface area (Å²) in [5, 5.41) is 10.5. The van der Waals surface area contributed by atoms with Gasteiger partial charge in [0.15, 0.2) is 5.60 Å². The fraction of sp³-hybridized carbons (Fsp3) is 1.00. The Hall–Kier alpha value is -0.135. The maximum absolute atomic E-state index is 10.5. The molecule has 15 heavy (non-hydrogen) atoms. The first kappa shape index (κ1) is 11.4. The van der Waals surface area contributed by atoms with Crippen molar-refractivity contribution in [3.8, 4) is 0 Å². The van der Waals surface area contributed by atoms with Crippen molar-refractivity contribution >= 4 is 7.85 Å². The quantitative estimate of drug-likeness (QED) is 0.612. The molecule has 0 aromatic rings. The first-order chi connectivity index (χ1) is 7.10. The smallest absolute Gasteiger partial charge is 0.218 e. The number of hydrogen-bond donors (Lipinski definition) is 1. The molecule has 4 atom stereocenters. The Morgan fingerprint density at radius 1 is 1.53 bits per heavy atom. The second-order valence-corrected chi connectivity index (χ2v) is 3.90. The molecule has 2 rings (SSSR count). The molecular weight excluding hydrogens is 199 g/mol. The van der Waals surface area contributed by atoms with E-state index in [-0.39, 0.29) is 6.61 Å². The molecule has 0 aromatic carbocycles. The van der Waals surface area contributed by atoms with Crippen LogP contribution in [-0.2, 0) is 18.9 Å². The van der Waals surface area contributed by atoms with Gasteiger partial charge in [-0.25, -0.2) is 0 Å². The van der Waals surface area contributed by atoms with Gasteiger partial charge in [-0.1, -0.05) is 0 Å². The predicted octanol–water partition coefficient (Wildman–Crippen LogP) is -0.980. The zero-order valence-corrected chi connectivity index (χ0v) is 8.93. The first-order valence-electron chi connectivity index (χ1n) is 4.92. The Labute approximate surface area is 90.0 Å². The molecule has 2 saturated heterocycles. The van der Waals surface area contributed by atoms with Crippen LogP contribution < -0.4 is 0 Å². The van der Waals surface area contributed by atoms with Gasteiger partial charge in [-0.05, 0) is 0 Å². The zero-order valence-electron chi connectivity index (χ0n) is 8.93. The largest absolute Gasteiger partial charge is 0.382 e. The van der Waals surface area contributed by atoms with Crippen LogP contribution in [0.25, 0.3) is 0 Å². The lowest BCUT2D eigenvalue weighted by Gasteiger charge is -2.36. The molecule has 2 fully saturated rings. The van der Waals surface area contributed by atoms with Crippen molar-refractivity contribution in [2.45, 2.75) is 29.9 Å². The molecule has 84 valence electrons. The van der Waals surface area contributed by atoms with Crippen molar-refractivity contribution in [2.24, 2.45) is 0 Å². The van der Waals surface area contributed by atoms with Crippen LogP contribution in [0.4, 0.5) is 0 Å². The summed E-state index contributed by atoms with van der Waals surface area (Å²) >= 11 is 0. The van der Waals surface area contributed by atoms with Gasteiger partial charge in [0, 0.05) is 20.6 Å². The Morgan fingerprint density at radius 2 is 2.27 bits per heavy atom. The van der Waals surface area contributed by atoms with Gasteiger partial charge in [0.25, 0.3) is 0 Å². The summed E-state index contributed by atoms with van der Waals surface area (Å²) in [4.78, 5) is 0. The molecule has 2 heterocycles. The molecule has 2 aliphatic rings. The zero-order chi connectivity index (χ0) is 11.1. The van der Waals surface area contributed by atoms with E-state index in [2.05, 4.69) is 0 Å². The highest BCUT2D eigenvalue weighted by Crippen LogP contribution is 2.48. The minimum absolute atomic E-state index is 0.263. The second kappa shape index (κ2) is 3.71. The Bertz CT molecular complexity index is 251. The molecule has 0 aromatic heterocycles. The minimum atomic E-state index is -1.25. The summed E-state index contributed by atoms with van der Waals surface area (Å²) in [5.74, 6) is -1.25. The van der Waals surface area contributed by atoms with Crippen LogP contribution in [0, 0.1) is 0 Å². The summed E-state index contributed by atoms with van der Waals surface area (Å²) in [6.07, 6.45) is -0.0808. The number of hydrogen-bond acceptors (Lipinski definition) is 5. The van der Waals surface area contributed by atoms with E-state index in [1.165, 1.54) is 7.11 Å². The third-order valence-electron chi connectivity index (χ3n) is 3.24. The van der Waals surface area contributed by atoms with Gasteiger partial charge in [-0.3, -0.25) is 0 Å². The molecule has 2 radical (unpaired) electrons. The van der Waals surface area contributed by atoms with Crippen LogP contribution in [0.2, 0.25) is 0 Å². The van der Waals surface area contributed by atoms with E-state index >= 15 is 0 Å². The summed E-state index contributed by atoms with van der Waals surface area (Å²) in [7, 11) is 8.78. The maximum Gasteiger partial charge on any atom is 0.218 e. The standard InChI is InChI=1S/C9H15BO5/c1-12-5-6-8(11)3-4-14-9(8,13-2)7(10)15-6/h6-7,11H,3-5H2,1-2H3. The number of fused-ring (bicyclic) bond motifs is 1. The van der Waals surface area contributed by atoms with Crippen LogP contribution in [0.5, 0.6) is 0 Å². The molecular formula is C9H15BO5. The van der Waals surface area contributed by atoms with E-state index in [9.17, 15) is 5.11 Å². The first-order valence-corrected chi connectivity index (χ1v) is 4.92. The predicted molar refractivity (Wildman–Crippen MR) is 51.5 cm³/mol. The molecule has 0 saturated carbocycles. The number of methoxy groups -OCH3 is 2. The van der Waals surface area contributed by atoms with Gasteiger partial charge in [0.05, 0.1) is 19.2 Å².